The molecule has 0 aromatic heterocycles. The van der Waals surface area contributed by atoms with Crippen LogP contribution < -0.4 is 0 Å². The van der Waals surface area contributed by atoms with Crippen molar-refractivity contribution < 1.29 is 14.3 Å². The van der Waals surface area contributed by atoms with Gasteiger partial charge in [-0.15, -0.1) is 0 Å². The van der Waals surface area contributed by atoms with Crippen molar-refractivity contribution in [3.63, 3.8) is 0 Å². The molecule has 15 heavy (non-hydrogen) atoms. The number of hydrogen-bond acceptors (Lipinski definition) is 3. The lowest BCUT2D eigenvalue weighted by Gasteiger charge is -2.22. The lowest BCUT2D eigenvalue weighted by atomic mass is 9.86. The van der Waals surface area contributed by atoms with Crippen LogP contribution in [0.4, 0.5) is 0 Å². The molecule has 1 fully saturated rings. The van der Waals surface area contributed by atoms with E-state index in [9.17, 15) is 9.59 Å². The molecule has 0 saturated carbocycles. The average Bonchev–Trinajstić information content (AvgIpc) is 1.99. The van der Waals surface area contributed by atoms with Gasteiger partial charge in [0.1, 0.15) is 0 Å². The van der Waals surface area contributed by atoms with Crippen LogP contribution in [-0.2, 0) is 14.3 Å². The normalized spacial score (nSPS) is 19.1. The standard InChI is InChI=1S/C12H20O3/c1-12(2,3)6-4-5-9-7-10(13)15-11(14)8-9/h9H,4-8H2,1-3H3. The first-order valence-electron chi connectivity index (χ1n) is 5.60. The third kappa shape index (κ3) is 4.96. The molecule has 0 atom stereocenters. The first-order chi connectivity index (χ1) is 6.87. The zero-order valence-corrected chi connectivity index (χ0v) is 9.84. The van der Waals surface area contributed by atoms with Crippen LogP contribution in [0.15, 0.2) is 0 Å². The molecule has 0 N–H and O–H groups in total. The van der Waals surface area contributed by atoms with Crippen LogP contribution >= 0.6 is 0 Å². The molecule has 3 nitrogen and oxygen atoms in total. The summed E-state index contributed by atoms with van der Waals surface area (Å²) in [4.78, 5) is 22.0. The highest BCUT2D eigenvalue weighted by atomic mass is 16.6. The number of cyclic esters (lactones) is 2. The van der Waals surface area contributed by atoms with Gasteiger partial charge in [0, 0.05) is 12.8 Å². The maximum atomic E-state index is 11.0. The second-order valence-corrected chi connectivity index (χ2v) is 5.57. The van der Waals surface area contributed by atoms with Crippen molar-refractivity contribution in [2.24, 2.45) is 11.3 Å². The smallest absolute Gasteiger partial charge is 0.313 e. The Bertz CT molecular complexity index is 234. The maximum Gasteiger partial charge on any atom is 0.313 e. The topological polar surface area (TPSA) is 43.4 Å². The van der Waals surface area contributed by atoms with Gasteiger partial charge in [-0.05, 0) is 24.2 Å². The molecule has 0 amide bonds. The van der Waals surface area contributed by atoms with Crippen molar-refractivity contribution in [2.75, 3.05) is 0 Å². The summed E-state index contributed by atoms with van der Waals surface area (Å²) in [7, 11) is 0. The second-order valence-electron chi connectivity index (χ2n) is 5.57. The highest BCUT2D eigenvalue weighted by Gasteiger charge is 2.26. The summed E-state index contributed by atoms with van der Waals surface area (Å²) in [6, 6.07) is 0. The molecule has 1 rings (SSSR count). The van der Waals surface area contributed by atoms with Crippen LogP contribution in [0.25, 0.3) is 0 Å². The van der Waals surface area contributed by atoms with Crippen LogP contribution in [-0.4, -0.2) is 11.9 Å². The van der Waals surface area contributed by atoms with Gasteiger partial charge in [0.05, 0.1) is 0 Å². The molecular weight excluding hydrogens is 192 g/mol. The van der Waals surface area contributed by atoms with E-state index in [-0.39, 0.29) is 17.9 Å². The predicted octanol–water partition coefficient (Wildman–Crippen LogP) is 2.68. The zero-order valence-electron chi connectivity index (χ0n) is 9.84. The number of carbonyl (C=O) groups is 2. The summed E-state index contributed by atoms with van der Waals surface area (Å²) >= 11 is 0. The van der Waals surface area contributed by atoms with E-state index in [4.69, 9.17) is 0 Å². The van der Waals surface area contributed by atoms with Crippen molar-refractivity contribution in [3.8, 4) is 0 Å². The number of ether oxygens (including phenoxy) is 1. The largest absolute Gasteiger partial charge is 0.393 e. The SMILES string of the molecule is CC(C)(C)CCCC1CC(=O)OC(=O)C1. The first kappa shape index (κ1) is 12.2. The zero-order chi connectivity index (χ0) is 11.5. The summed E-state index contributed by atoms with van der Waals surface area (Å²) in [5, 5.41) is 0. The summed E-state index contributed by atoms with van der Waals surface area (Å²) in [6.45, 7) is 6.61. The van der Waals surface area contributed by atoms with E-state index < -0.39 is 0 Å². The van der Waals surface area contributed by atoms with Gasteiger partial charge in [-0.25, -0.2) is 0 Å². The van der Waals surface area contributed by atoms with Crippen molar-refractivity contribution in [2.45, 2.75) is 52.9 Å². The minimum absolute atomic E-state index is 0.209. The molecule has 1 saturated heterocycles. The Morgan fingerprint density at radius 2 is 1.73 bits per heavy atom. The van der Waals surface area contributed by atoms with E-state index in [0.29, 0.717) is 18.3 Å². The van der Waals surface area contributed by atoms with E-state index in [1.165, 1.54) is 0 Å². The highest BCUT2D eigenvalue weighted by molar-refractivity contribution is 5.88. The molecule has 0 aromatic carbocycles. The second kappa shape index (κ2) is 4.77. The Labute approximate surface area is 91.2 Å². The predicted molar refractivity (Wildman–Crippen MR) is 57.1 cm³/mol. The third-order valence-electron chi connectivity index (χ3n) is 2.68. The Morgan fingerprint density at radius 3 is 2.20 bits per heavy atom. The highest BCUT2D eigenvalue weighted by Crippen LogP contribution is 2.27. The lowest BCUT2D eigenvalue weighted by molar-refractivity contribution is -0.165. The third-order valence-corrected chi connectivity index (χ3v) is 2.68. The number of hydrogen-bond donors (Lipinski definition) is 0. The maximum absolute atomic E-state index is 11.0. The molecule has 0 radical (unpaired) electrons. The Kier molecular flexibility index (Phi) is 3.89. The minimum Gasteiger partial charge on any atom is -0.393 e. The van der Waals surface area contributed by atoms with E-state index >= 15 is 0 Å². The van der Waals surface area contributed by atoms with E-state index in [0.717, 1.165) is 19.3 Å². The Morgan fingerprint density at radius 1 is 1.20 bits per heavy atom. The number of esters is 2. The van der Waals surface area contributed by atoms with Crippen molar-refractivity contribution in [1.82, 2.24) is 0 Å². The van der Waals surface area contributed by atoms with Crippen LogP contribution in [0.3, 0.4) is 0 Å². The minimum atomic E-state index is -0.355. The molecule has 0 unspecified atom stereocenters. The van der Waals surface area contributed by atoms with Gasteiger partial charge in [0.25, 0.3) is 0 Å². The van der Waals surface area contributed by atoms with Crippen LogP contribution in [0.2, 0.25) is 0 Å². The van der Waals surface area contributed by atoms with E-state index in [1.807, 2.05) is 0 Å². The average molecular weight is 212 g/mol. The quantitative estimate of drug-likeness (QED) is 0.533. The Hall–Kier alpha value is -0.860. The van der Waals surface area contributed by atoms with Crippen molar-refractivity contribution >= 4 is 11.9 Å². The molecule has 3 heteroatoms. The van der Waals surface area contributed by atoms with E-state index in [1.54, 1.807) is 0 Å². The van der Waals surface area contributed by atoms with Crippen LogP contribution in [0, 0.1) is 11.3 Å². The van der Waals surface area contributed by atoms with E-state index in [2.05, 4.69) is 25.5 Å². The Balaban J connectivity index is 2.27. The van der Waals surface area contributed by atoms with Crippen LogP contribution in [0.5, 0.6) is 0 Å². The molecule has 0 aliphatic carbocycles. The molecule has 1 aliphatic rings. The summed E-state index contributed by atoms with van der Waals surface area (Å²) in [6.07, 6.45) is 3.99. The number of carbonyl (C=O) groups excluding carboxylic acids is 2. The molecule has 86 valence electrons. The number of rotatable bonds is 3. The molecular formula is C12H20O3. The molecule has 0 spiro atoms. The summed E-state index contributed by atoms with van der Waals surface area (Å²) in [5.41, 5.74) is 0.333. The van der Waals surface area contributed by atoms with Crippen LogP contribution in [0.1, 0.15) is 52.9 Å². The molecule has 0 bridgehead atoms. The van der Waals surface area contributed by atoms with Gasteiger partial charge >= 0.3 is 11.9 Å². The van der Waals surface area contributed by atoms with Gasteiger partial charge < -0.3 is 4.74 Å². The summed E-state index contributed by atoms with van der Waals surface area (Å²) in [5.74, 6) is -0.500. The van der Waals surface area contributed by atoms with Crippen molar-refractivity contribution in [3.05, 3.63) is 0 Å². The molecule has 1 heterocycles. The fraction of sp³-hybridized carbons (Fsp3) is 0.833. The van der Waals surface area contributed by atoms with Gasteiger partial charge in [-0.3, -0.25) is 9.59 Å². The lowest BCUT2D eigenvalue weighted by Crippen LogP contribution is -2.25. The van der Waals surface area contributed by atoms with Gasteiger partial charge in [0.15, 0.2) is 0 Å². The van der Waals surface area contributed by atoms with Gasteiger partial charge in [-0.1, -0.05) is 27.2 Å². The monoisotopic (exact) mass is 212 g/mol. The van der Waals surface area contributed by atoms with Crippen molar-refractivity contribution in [1.29, 1.82) is 0 Å². The fourth-order valence-electron chi connectivity index (χ4n) is 1.88. The molecule has 0 aromatic rings. The van der Waals surface area contributed by atoms with Gasteiger partial charge in [-0.2, -0.15) is 0 Å². The fourth-order valence-corrected chi connectivity index (χ4v) is 1.88. The molecule has 1 aliphatic heterocycles. The van der Waals surface area contributed by atoms with Gasteiger partial charge in [0.2, 0.25) is 0 Å². The summed E-state index contributed by atoms with van der Waals surface area (Å²) < 4.78 is 4.49. The first-order valence-corrected chi connectivity index (χ1v) is 5.60.